The van der Waals surface area contributed by atoms with Gasteiger partial charge in [0.25, 0.3) is 5.91 Å². The van der Waals surface area contributed by atoms with Crippen LogP contribution in [0.2, 0.25) is 0 Å². The van der Waals surface area contributed by atoms with Gasteiger partial charge in [0.1, 0.15) is 5.69 Å². The molecule has 0 saturated carbocycles. The number of unbranched alkanes of at least 4 members (excludes halogenated alkanes) is 1. The topological polar surface area (TPSA) is 54.0 Å². The average Bonchev–Trinajstić information content (AvgIpc) is 2.56. The molecule has 1 amide bonds. The van der Waals surface area contributed by atoms with Gasteiger partial charge in [-0.15, -0.1) is 0 Å². The Balaban J connectivity index is 2.02. The molecule has 4 nitrogen and oxygen atoms in total. The molecule has 0 bridgehead atoms. The number of amides is 1. The number of benzene rings is 1. The predicted octanol–water partition coefficient (Wildman–Crippen LogP) is 3.92. The smallest absolute Gasteiger partial charge is 0.269 e. The minimum atomic E-state index is -0.126. The number of hydrogen-bond donors (Lipinski definition) is 2. The Morgan fingerprint density at radius 1 is 1.09 bits per heavy atom. The molecule has 0 fully saturated rings. The fourth-order valence-electron chi connectivity index (χ4n) is 2.09. The van der Waals surface area contributed by atoms with E-state index in [0.29, 0.717) is 12.2 Å². The van der Waals surface area contributed by atoms with Crippen LogP contribution in [0.1, 0.15) is 42.7 Å². The summed E-state index contributed by atoms with van der Waals surface area (Å²) in [5, 5.41) is 6.17. The molecule has 1 aromatic heterocycles. The number of nitrogens with one attached hydrogen (secondary N) is 2. The molecule has 2 N–H and O–H groups in total. The second-order valence-electron chi connectivity index (χ2n) is 5.21. The van der Waals surface area contributed by atoms with Crippen LogP contribution in [0.15, 0.2) is 42.6 Å². The highest BCUT2D eigenvalue weighted by Gasteiger charge is 2.07. The van der Waals surface area contributed by atoms with Crippen LogP contribution in [-0.4, -0.2) is 17.4 Å². The molecule has 0 saturated heterocycles. The molecule has 116 valence electrons. The van der Waals surface area contributed by atoms with Crippen LogP contribution in [0, 0.1) is 0 Å². The van der Waals surface area contributed by atoms with E-state index in [0.717, 1.165) is 30.6 Å². The third kappa shape index (κ3) is 4.58. The van der Waals surface area contributed by atoms with Crippen molar-refractivity contribution in [2.45, 2.75) is 33.1 Å². The molecule has 0 aliphatic heterocycles. The lowest BCUT2D eigenvalue weighted by atomic mass is 10.1. The van der Waals surface area contributed by atoms with Crippen LogP contribution in [0.3, 0.4) is 0 Å². The normalized spacial score (nSPS) is 10.3. The Morgan fingerprint density at radius 2 is 1.86 bits per heavy atom. The monoisotopic (exact) mass is 297 g/mol. The van der Waals surface area contributed by atoms with E-state index in [2.05, 4.69) is 41.6 Å². The minimum absolute atomic E-state index is 0.126. The SMILES string of the molecule is CCCCNC(=O)c1cc(Nc2ccc(CC)cc2)ccn1. The molecule has 4 heteroatoms. The van der Waals surface area contributed by atoms with Crippen molar-refractivity contribution in [3.05, 3.63) is 53.9 Å². The van der Waals surface area contributed by atoms with Gasteiger partial charge < -0.3 is 10.6 Å². The summed E-state index contributed by atoms with van der Waals surface area (Å²) in [7, 11) is 0. The Hall–Kier alpha value is -2.36. The summed E-state index contributed by atoms with van der Waals surface area (Å²) < 4.78 is 0. The van der Waals surface area contributed by atoms with Gasteiger partial charge in [-0.1, -0.05) is 32.4 Å². The molecule has 0 aliphatic carbocycles. The zero-order valence-electron chi connectivity index (χ0n) is 13.2. The fraction of sp³-hybridized carbons (Fsp3) is 0.333. The first-order valence-electron chi connectivity index (χ1n) is 7.83. The molecule has 0 unspecified atom stereocenters. The van der Waals surface area contributed by atoms with Crippen molar-refractivity contribution < 1.29 is 4.79 Å². The molecule has 0 atom stereocenters. The number of carbonyl (C=O) groups is 1. The fourth-order valence-corrected chi connectivity index (χ4v) is 2.09. The van der Waals surface area contributed by atoms with Crippen LogP contribution in [0.25, 0.3) is 0 Å². The second kappa shape index (κ2) is 8.17. The maximum atomic E-state index is 12.0. The van der Waals surface area contributed by atoms with E-state index in [9.17, 15) is 4.79 Å². The van der Waals surface area contributed by atoms with E-state index >= 15 is 0 Å². The Labute approximate surface area is 132 Å². The minimum Gasteiger partial charge on any atom is -0.355 e. The van der Waals surface area contributed by atoms with Gasteiger partial charge in [-0.2, -0.15) is 0 Å². The highest BCUT2D eigenvalue weighted by atomic mass is 16.1. The quantitative estimate of drug-likeness (QED) is 0.762. The lowest BCUT2D eigenvalue weighted by Gasteiger charge is -2.09. The number of pyridine rings is 1. The highest BCUT2D eigenvalue weighted by Crippen LogP contribution is 2.17. The number of aryl methyl sites for hydroxylation is 1. The Bertz CT molecular complexity index is 608. The van der Waals surface area contributed by atoms with Crippen LogP contribution in [-0.2, 0) is 6.42 Å². The standard InChI is InChI=1S/C18H23N3O/c1-3-5-11-20-18(22)17-13-16(10-12-19-17)21-15-8-6-14(4-2)7-9-15/h6-10,12-13H,3-5,11H2,1-2H3,(H,19,21)(H,20,22). The van der Waals surface area contributed by atoms with Gasteiger partial charge in [0, 0.05) is 24.1 Å². The largest absolute Gasteiger partial charge is 0.355 e. The molecular formula is C18H23N3O. The molecule has 2 rings (SSSR count). The number of nitrogens with zero attached hydrogens (tertiary/aromatic N) is 1. The first kappa shape index (κ1) is 16.0. The number of carbonyl (C=O) groups excluding carboxylic acids is 1. The van der Waals surface area contributed by atoms with E-state index in [1.54, 1.807) is 12.3 Å². The van der Waals surface area contributed by atoms with E-state index in [4.69, 9.17) is 0 Å². The van der Waals surface area contributed by atoms with E-state index in [1.807, 2.05) is 18.2 Å². The second-order valence-corrected chi connectivity index (χ2v) is 5.21. The van der Waals surface area contributed by atoms with Gasteiger partial charge in [0.2, 0.25) is 0 Å². The Kier molecular flexibility index (Phi) is 5.95. The third-order valence-corrected chi connectivity index (χ3v) is 3.46. The molecule has 0 radical (unpaired) electrons. The van der Waals surface area contributed by atoms with Crippen molar-refractivity contribution >= 4 is 17.3 Å². The maximum absolute atomic E-state index is 12.0. The molecule has 1 aromatic carbocycles. The highest BCUT2D eigenvalue weighted by molar-refractivity contribution is 5.93. The lowest BCUT2D eigenvalue weighted by molar-refractivity contribution is 0.0948. The molecular weight excluding hydrogens is 274 g/mol. The predicted molar refractivity (Wildman–Crippen MR) is 90.6 cm³/mol. The number of anilines is 2. The Morgan fingerprint density at radius 3 is 2.55 bits per heavy atom. The zero-order chi connectivity index (χ0) is 15.8. The number of aromatic nitrogens is 1. The summed E-state index contributed by atoms with van der Waals surface area (Å²) in [5.41, 5.74) is 3.60. The van der Waals surface area contributed by atoms with Crippen LogP contribution in [0.5, 0.6) is 0 Å². The van der Waals surface area contributed by atoms with Crippen LogP contribution >= 0.6 is 0 Å². The lowest BCUT2D eigenvalue weighted by Crippen LogP contribution is -2.25. The van der Waals surface area contributed by atoms with E-state index in [1.165, 1.54) is 5.56 Å². The van der Waals surface area contributed by atoms with Gasteiger partial charge in [0.15, 0.2) is 0 Å². The van der Waals surface area contributed by atoms with Crippen LogP contribution in [0.4, 0.5) is 11.4 Å². The van der Waals surface area contributed by atoms with Crippen molar-refractivity contribution in [3.8, 4) is 0 Å². The summed E-state index contributed by atoms with van der Waals surface area (Å²) in [6, 6.07) is 11.9. The molecule has 1 heterocycles. The summed E-state index contributed by atoms with van der Waals surface area (Å²) >= 11 is 0. The number of rotatable bonds is 7. The molecule has 0 aliphatic rings. The summed E-state index contributed by atoms with van der Waals surface area (Å²) in [4.78, 5) is 16.1. The van der Waals surface area contributed by atoms with Gasteiger partial charge in [-0.3, -0.25) is 9.78 Å². The van der Waals surface area contributed by atoms with Crippen molar-refractivity contribution in [2.24, 2.45) is 0 Å². The van der Waals surface area contributed by atoms with Crippen LogP contribution < -0.4 is 10.6 Å². The van der Waals surface area contributed by atoms with E-state index in [-0.39, 0.29) is 5.91 Å². The van der Waals surface area contributed by atoms with Crippen molar-refractivity contribution in [1.82, 2.24) is 10.3 Å². The maximum Gasteiger partial charge on any atom is 0.269 e. The zero-order valence-corrected chi connectivity index (χ0v) is 13.2. The van der Waals surface area contributed by atoms with Crippen molar-refractivity contribution in [2.75, 3.05) is 11.9 Å². The molecule has 0 spiro atoms. The first-order chi connectivity index (χ1) is 10.7. The van der Waals surface area contributed by atoms with E-state index < -0.39 is 0 Å². The first-order valence-corrected chi connectivity index (χ1v) is 7.83. The molecule has 2 aromatic rings. The van der Waals surface area contributed by atoms with Crippen molar-refractivity contribution in [1.29, 1.82) is 0 Å². The number of hydrogen-bond acceptors (Lipinski definition) is 3. The summed E-state index contributed by atoms with van der Waals surface area (Å²) in [5.74, 6) is -0.126. The van der Waals surface area contributed by atoms with Gasteiger partial charge >= 0.3 is 0 Å². The van der Waals surface area contributed by atoms with Crippen molar-refractivity contribution in [3.63, 3.8) is 0 Å². The molecule has 22 heavy (non-hydrogen) atoms. The summed E-state index contributed by atoms with van der Waals surface area (Å²) in [6.07, 6.45) is 4.71. The van der Waals surface area contributed by atoms with Gasteiger partial charge in [0.05, 0.1) is 0 Å². The third-order valence-electron chi connectivity index (χ3n) is 3.46. The van der Waals surface area contributed by atoms with Gasteiger partial charge in [-0.25, -0.2) is 0 Å². The van der Waals surface area contributed by atoms with Gasteiger partial charge in [-0.05, 0) is 42.7 Å². The average molecular weight is 297 g/mol. The summed E-state index contributed by atoms with van der Waals surface area (Å²) in [6.45, 7) is 4.92.